The van der Waals surface area contributed by atoms with E-state index in [1.165, 1.54) is 24.3 Å². The van der Waals surface area contributed by atoms with E-state index in [1.54, 1.807) is 12.1 Å². The molecule has 0 saturated carbocycles. The maximum Gasteiger partial charge on any atom is 0.246 e. The van der Waals surface area contributed by atoms with Crippen LogP contribution in [0.15, 0.2) is 36.4 Å². The first-order chi connectivity index (χ1) is 25.3. The number of carbonyl (C=O) groups excluding carboxylic acids is 3. The average Bonchev–Trinajstić information content (AvgIpc) is 3.51. The molecular weight excluding hydrogens is 722 g/mol. The monoisotopic (exact) mass is 772 g/mol. The Morgan fingerprint density at radius 1 is 1.04 bits per heavy atom. The molecule has 3 amide bonds. The predicted octanol–water partition coefficient (Wildman–Crippen LogP) is 5.00. The number of morpholine rings is 1. The van der Waals surface area contributed by atoms with Crippen LogP contribution in [0.2, 0.25) is 5.02 Å². The Morgan fingerprint density at radius 3 is 2.43 bits per heavy atom. The van der Waals surface area contributed by atoms with Crippen molar-refractivity contribution in [1.82, 2.24) is 31.2 Å². The molecule has 1 aliphatic heterocycles. The summed E-state index contributed by atoms with van der Waals surface area (Å²) < 4.78 is 34.6. The number of rotatable bonds is 15. The number of hydrogen-bond acceptors (Lipinski definition) is 6. The van der Waals surface area contributed by atoms with Crippen LogP contribution in [0.3, 0.4) is 0 Å². The fourth-order valence-corrected chi connectivity index (χ4v) is 7.78. The van der Waals surface area contributed by atoms with Crippen LogP contribution in [-0.4, -0.2) is 89.6 Å². The van der Waals surface area contributed by atoms with Gasteiger partial charge in [-0.25, -0.2) is 8.78 Å². The van der Waals surface area contributed by atoms with Crippen LogP contribution in [0.4, 0.5) is 8.78 Å². The summed E-state index contributed by atoms with van der Waals surface area (Å²) >= 11 is 12.3. The van der Waals surface area contributed by atoms with Crippen molar-refractivity contribution in [1.29, 1.82) is 0 Å². The van der Waals surface area contributed by atoms with E-state index >= 15 is 0 Å². The molecule has 1 saturated heterocycles. The molecule has 2 aliphatic rings. The number of carbonyl (C=O) groups is 3. The molecule has 2 heterocycles. The maximum absolute atomic E-state index is 14.8. The van der Waals surface area contributed by atoms with Gasteiger partial charge in [-0.2, -0.15) is 0 Å². The number of nitrogens with zero attached hydrogens (tertiary/aromatic N) is 1. The van der Waals surface area contributed by atoms with Crippen LogP contribution in [0.5, 0.6) is 0 Å². The van der Waals surface area contributed by atoms with E-state index in [9.17, 15) is 23.2 Å². The van der Waals surface area contributed by atoms with Gasteiger partial charge in [-0.1, -0.05) is 82.6 Å². The van der Waals surface area contributed by atoms with E-state index in [-0.39, 0.29) is 41.7 Å². The van der Waals surface area contributed by atoms with E-state index in [4.69, 9.17) is 28.6 Å². The molecule has 2 unspecified atom stereocenters. The van der Waals surface area contributed by atoms with E-state index in [0.29, 0.717) is 54.1 Å². The molecule has 14 heteroatoms. The Labute approximate surface area is 320 Å². The molecular formula is C39H51ClF2N6O4S. The van der Waals surface area contributed by atoms with Crippen molar-refractivity contribution in [2.45, 2.75) is 83.8 Å². The third kappa shape index (κ3) is 9.72. The zero-order valence-electron chi connectivity index (χ0n) is 30.9. The lowest BCUT2D eigenvalue weighted by Crippen LogP contribution is -2.67. The van der Waals surface area contributed by atoms with Crippen molar-refractivity contribution in [3.05, 3.63) is 69.9 Å². The molecule has 288 valence electrons. The van der Waals surface area contributed by atoms with Gasteiger partial charge in [-0.15, -0.1) is 0 Å². The number of aryl methyl sites for hydroxylation is 1. The quantitative estimate of drug-likeness (QED) is 0.138. The molecule has 1 fully saturated rings. The lowest BCUT2D eigenvalue weighted by atomic mass is 9.78. The molecule has 1 aliphatic carbocycles. The van der Waals surface area contributed by atoms with Crippen molar-refractivity contribution in [2.75, 3.05) is 39.4 Å². The number of H-pyrrole nitrogens is 1. The van der Waals surface area contributed by atoms with Crippen LogP contribution < -0.4 is 21.3 Å². The SMILES string of the molecule is CCC(C)[C@H](NC(=O)Cc1ccccc1F)C(=O)N[C@]1(C(=O)NC(C(=S)NCCN2CCOCC2)[C@@H](C)CC)CCc2[nH]c3c(Cl)cc(F)cc3c2C1. The summed E-state index contributed by atoms with van der Waals surface area (Å²) in [5.74, 6) is -2.90. The second-order valence-corrected chi connectivity index (χ2v) is 15.3. The number of benzene rings is 2. The highest BCUT2D eigenvalue weighted by atomic mass is 35.5. The smallest absolute Gasteiger partial charge is 0.246 e. The number of aromatic amines is 1. The number of ether oxygens (including phenoxy) is 1. The lowest BCUT2D eigenvalue weighted by molar-refractivity contribution is -0.137. The molecule has 2 aromatic carbocycles. The number of thiocarbonyl (C=S) groups is 1. The number of fused-ring (bicyclic) bond motifs is 3. The molecule has 53 heavy (non-hydrogen) atoms. The first-order valence-corrected chi connectivity index (χ1v) is 19.4. The number of halogens is 3. The number of amides is 3. The highest BCUT2D eigenvalue weighted by Crippen LogP contribution is 2.37. The Hall–Kier alpha value is -3.65. The molecule has 3 aromatic rings. The zero-order valence-corrected chi connectivity index (χ0v) is 32.5. The van der Waals surface area contributed by atoms with E-state index in [0.717, 1.165) is 31.7 Å². The van der Waals surface area contributed by atoms with E-state index < -0.39 is 47.0 Å². The first-order valence-electron chi connectivity index (χ1n) is 18.6. The summed E-state index contributed by atoms with van der Waals surface area (Å²) in [6.07, 6.45) is 1.63. The van der Waals surface area contributed by atoms with E-state index in [2.05, 4.69) is 31.2 Å². The van der Waals surface area contributed by atoms with Gasteiger partial charge in [-0.3, -0.25) is 19.3 Å². The highest BCUT2D eigenvalue weighted by Gasteiger charge is 2.46. The summed E-state index contributed by atoms with van der Waals surface area (Å²) in [6, 6.07) is 7.05. The Morgan fingerprint density at radius 2 is 1.74 bits per heavy atom. The molecule has 10 nitrogen and oxygen atoms in total. The largest absolute Gasteiger partial charge is 0.379 e. The standard InChI is InChI=1S/C39H51ClF2N6O4S/c1-5-23(3)33(45-32(49)19-25-9-7-8-10-30(25)42)36(50)47-39(12-11-31-28(22-39)27-20-26(41)21-29(40)35(27)44-31)38(51)46-34(24(4)6-2)37(53)43-13-14-48-15-17-52-18-16-48/h7-10,20-21,23-24,33-34,44H,5-6,11-19,22H2,1-4H3,(H,43,53)(H,45,49)(H,46,51)(H,47,50)/t23?,24-,33-,34?,39+/m0/s1. The summed E-state index contributed by atoms with van der Waals surface area (Å²) in [5, 5.41) is 13.2. The van der Waals surface area contributed by atoms with Crippen LogP contribution in [-0.2, 0) is 38.4 Å². The summed E-state index contributed by atoms with van der Waals surface area (Å²) in [6.45, 7) is 12.2. The molecule has 5 rings (SSSR count). The molecule has 5 atom stereocenters. The summed E-state index contributed by atoms with van der Waals surface area (Å²) in [4.78, 5) is 48.5. The summed E-state index contributed by atoms with van der Waals surface area (Å²) in [5.41, 5.74) is 0.759. The van der Waals surface area contributed by atoms with Crippen molar-refractivity contribution in [3.8, 4) is 0 Å². The number of hydrogen-bond donors (Lipinski definition) is 5. The number of nitrogens with one attached hydrogen (secondary N) is 5. The fraction of sp³-hybridized carbons (Fsp3) is 0.538. The van der Waals surface area contributed by atoms with E-state index in [1.807, 2.05) is 27.7 Å². The van der Waals surface area contributed by atoms with Gasteiger partial charge in [0.15, 0.2) is 0 Å². The Balaban J connectivity index is 1.43. The van der Waals surface area contributed by atoms with Crippen molar-refractivity contribution >= 4 is 57.4 Å². The van der Waals surface area contributed by atoms with Gasteiger partial charge in [0.05, 0.1) is 41.2 Å². The Bertz CT molecular complexity index is 1800. The molecule has 0 bridgehead atoms. The molecule has 1 aromatic heterocycles. The second kappa shape index (κ2) is 18.1. The minimum Gasteiger partial charge on any atom is -0.379 e. The summed E-state index contributed by atoms with van der Waals surface area (Å²) in [7, 11) is 0. The van der Waals surface area contributed by atoms with Gasteiger partial charge in [-0.05, 0) is 54.0 Å². The zero-order chi connectivity index (χ0) is 38.3. The lowest BCUT2D eigenvalue weighted by Gasteiger charge is -2.40. The van der Waals surface area contributed by atoms with Gasteiger partial charge >= 0.3 is 0 Å². The van der Waals surface area contributed by atoms with Crippen molar-refractivity contribution in [2.24, 2.45) is 11.8 Å². The maximum atomic E-state index is 14.8. The third-order valence-corrected chi connectivity index (χ3v) is 11.5. The molecule has 0 radical (unpaired) electrons. The van der Waals surface area contributed by atoms with Gasteiger partial charge in [0.1, 0.15) is 23.2 Å². The third-order valence-electron chi connectivity index (χ3n) is 10.8. The van der Waals surface area contributed by atoms with Gasteiger partial charge in [0.25, 0.3) is 0 Å². The topological polar surface area (TPSA) is 128 Å². The minimum atomic E-state index is -1.49. The minimum absolute atomic E-state index is 0.0410. The van der Waals surface area contributed by atoms with Gasteiger partial charge in [0, 0.05) is 43.7 Å². The van der Waals surface area contributed by atoms with Gasteiger partial charge in [0.2, 0.25) is 17.7 Å². The average molecular weight is 773 g/mol. The second-order valence-electron chi connectivity index (χ2n) is 14.4. The van der Waals surface area contributed by atoms with Crippen LogP contribution in [0, 0.1) is 23.5 Å². The molecule has 0 spiro atoms. The molecule has 5 N–H and O–H groups in total. The Kier molecular flexibility index (Phi) is 13.9. The van der Waals surface area contributed by atoms with Gasteiger partial charge < -0.3 is 31.0 Å². The van der Waals surface area contributed by atoms with Crippen LogP contribution in [0.25, 0.3) is 10.9 Å². The van der Waals surface area contributed by atoms with Crippen molar-refractivity contribution < 1.29 is 27.9 Å². The van der Waals surface area contributed by atoms with Crippen LogP contribution in [0.1, 0.15) is 63.8 Å². The number of aromatic nitrogens is 1. The van der Waals surface area contributed by atoms with Crippen molar-refractivity contribution in [3.63, 3.8) is 0 Å². The fourth-order valence-electron chi connectivity index (χ4n) is 7.14. The highest BCUT2D eigenvalue weighted by molar-refractivity contribution is 7.80. The normalized spacial score (nSPS) is 19.8. The first kappa shape index (κ1) is 40.5. The van der Waals surface area contributed by atoms with Crippen LogP contribution >= 0.6 is 23.8 Å². The predicted molar refractivity (Wildman–Crippen MR) is 207 cm³/mol.